The van der Waals surface area contributed by atoms with Crippen LogP contribution in [0.5, 0.6) is 0 Å². The fourth-order valence-corrected chi connectivity index (χ4v) is 1.54. The SMILES string of the molecule is CN(C(=O)N[C@H](C(=O)O)C(C)(C)C)c1cccnc1. The Morgan fingerprint density at radius 1 is 1.42 bits per heavy atom. The van der Waals surface area contributed by atoms with Gasteiger partial charge in [0, 0.05) is 13.2 Å². The van der Waals surface area contributed by atoms with E-state index in [1.54, 1.807) is 46.1 Å². The standard InChI is InChI=1S/C13H19N3O3/c1-13(2,3)10(11(17)18)15-12(19)16(4)9-6-5-7-14-8-9/h5-8,10H,1-4H3,(H,15,19)(H,17,18)/t10-/m1/s1. The van der Waals surface area contributed by atoms with Gasteiger partial charge in [-0.25, -0.2) is 9.59 Å². The van der Waals surface area contributed by atoms with Crippen LogP contribution in [0.1, 0.15) is 20.8 Å². The van der Waals surface area contributed by atoms with Crippen molar-refractivity contribution >= 4 is 17.7 Å². The summed E-state index contributed by atoms with van der Waals surface area (Å²) >= 11 is 0. The minimum atomic E-state index is -1.06. The molecule has 0 spiro atoms. The fraction of sp³-hybridized carbons (Fsp3) is 0.462. The Balaban J connectivity index is 2.81. The molecule has 6 nitrogen and oxygen atoms in total. The molecule has 1 heterocycles. The van der Waals surface area contributed by atoms with Crippen LogP contribution in [0.15, 0.2) is 24.5 Å². The number of nitrogens with zero attached hydrogens (tertiary/aromatic N) is 2. The van der Waals surface area contributed by atoms with Gasteiger partial charge in [0.05, 0.1) is 11.9 Å². The summed E-state index contributed by atoms with van der Waals surface area (Å²) in [5, 5.41) is 11.7. The van der Waals surface area contributed by atoms with Gasteiger partial charge in [0.15, 0.2) is 0 Å². The molecule has 0 aromatic carbocycles. The molecule has 6 heteroatoms. The van der Waals surface area contributed by atoms with Crippen LogP contribution in [0, 0.1) is 5.41 Å². The first-order valence-electron chi connectivity index (χ1n) is 5.90. The first kappa shape index (κ1) is 14.9. The molecule has 0 aliphatic carbocycles. The van der Waals surface area contributed by atoms with E-state index in [0.29, 0.717) is 5.69 Å². The highest BCUT2D eigenvalue weighted by Crippen LogP contribution is 2.20. The van der Waals surface area contributed by atoms with Crippen LogP contribution in [-0.2, 0) is 4.79 Å². The summed E-state index contributed by atoms with van der Waals surface area (Å²) in [6.07, 6.45) is 3.14. The summed E-state index contributed by atoms with van der Waals surface area (Å²) in [6, 6.07) is 1.99. The van der Waals surface area contributed by atoms with E-state index in [1.807, 2.05) is 0 Å². The van der Waals surface area contributed by atoms with Crippen LogP contribution < -0.4 is 10.2 Å². The van der Waals surface area contributed by atoms with Crippen molar-refractivity contribution in [3.05, 3.63) is 24.5 Å². The smallest absolute Gasteiger partial charge is 0.326 e. The third-order valence-corrected chi connectivity index (χ3v) is 2.72. The molecule has 0 saturated carbocycles. The zero-order valence-electron chi connectivity index (χ0n) is 11.5. The first-order valence-corrected chi connectivity index (χ1v) is 5.90. The predicted molar refractivity (Wildman–Crippen MR) is 72.1 cm³/mol. The number of rotatable bonds is 3. The van der Waals surface area contributed by atoms with Crippen molar-refractivity contribution in [2.24, 2.45) is 5.41 Å². The average molecular weight is 265 g/mol. The highest BCUT2D eigenvalue weighted by molar-refractivity contribution is 5.94. The number of hydrogen-bond donors (Lipinski definition) is 2. The molecule has 0 fully saturated rings. The number of carboxylic acids is 1. The number of hydrogen-bond acceptors (Lipinski definition) is 3. The van der Waals surface area contributed by atoms with E-state index < -0.39 is 23.5 Å². The van der Waals surface area contributed by atoms with Gasteiger partial charge in [-0.05, 0) is 17.5 Å². The van der Waals surface area contributed by atoms with Crippen molar-refractivity contribution in [2.75, 3.05) is 11.9 Å². The Labute approximate surface area is 112 Å². The Morgan fingerprint density at radius 3 is 2.47 bits per heavy atom. The summed E-state index contributed by atoms with van der Waals surface area (Å²) in [7, 11) is 1.56. The van der Waals surface area contributed by atoms with E-state index in [1.165, 1.54) is 11.1 Å². The largest absolute Gasteiger partial charge is 0.480 e. The zero-order valence-corrected chi connectivity index (χ0v) is 11.5. The molecule has 0 aliphatic rings. The summed E-state index contributed by atoms with van der Waals surface area (Å²) in [4.78, 5) is 28.5. The minimum absolute atomic E-state index is 0.477. The third-order valence-electron chi connectivity index (χ3n) is 2.72. The summed E-state index contributed by atoms with van der Waals surface area (Å²) in [6.45, 7) is 5.28. The molecule has 1 atom stereocenters. The van der Waals surface area contributed by atoms with Crippen molar-refractivity contribution in [3.8, 4) is 0 Å². The van der Waals surface area contributed by atoms with Gasteiger partial charge in [0.2, 0.25) is 0 Å². The summed E-state index contributed by atoms with van der Waals surface area (Å²) in [5.74, 6) is -1.06. The van der Waals surface area contributed by atoms with Crippen LogP contribution in [0.3, 0.4) is 0 Å². The molecule has 2 amide bonds. The lowest BCUT2D eigenvalue weighted by Gasteiger charge is -2.29. The van der Waals surface area contributed by atoms with Gasteiger partial charge in [0.25, 0.3) is 0 Å². The Hall–Kier alpha value is -2.11. The molecule has 1 aromatic heterocycles. The van der Waals surface area contributed by atoms with Gasteiger partial charge >= 0.3 is 12.0 Å². The summed E-state index contributed by atoms with van der Waals surface area (Å²) in [5.41, 5.74) is 0.0233. The second kappa shape index (κ2) is 5.69. The maximum Gasteiger partial charge on any atom is 0.326 e. The molecule has 0 aliphatic heterocycles. The van der Waals surface area contributed by atoms with E-state index in [-0.39, 0.29) is 0 Å². The van der Waals surface area contributed by atoms with E-state index in [4.69, 9.17) is 5.11 Å². The van der Waals surface area contributed by atoms with Gasteiger partial charge in [-0.3, -0.25) is 9.88 Å². The van der Waals surface area contributed by atoms with Crippen LogP contribution in [0.25, 0.3) is 0 Å². The molecule has 0 radical (unpaired) electrons. The highest BCUT2D eigenvalue weighted by atomic mass is 16.4. The average Bonchev–Trinajstić information content (AvgIpc) is 2.34. The number of urea groups is 1. The van der Waals surface area contributed by atoms with E-state index in [0.717, 1.165) is 0 Å². The fourth-order valence-electron chi connectivity index (χ4n) is 1.54. The van der Waals surface area contributed by atoms with Crippen molar-refractivity contribution in [1.82, 2.24) is 10.3 Å². The van der Waals surface area contributed by atoms with Crippen molar-refractivity contribution < 1.29 is 14.7 Å². The Morgan fingerprint density at radius 2 is 2.05 bits per heavy atom. The lowest BCUT2D eigenvalue weighted by molar-refractivity contribution is -0.141. The van der Waals surface area contributed by atoms with Crippen LogP contribution in [0.4, 0.5) is 10.5 Å². The summed E-state index contributed by atoms with van der Waals surface area (Å²) < 4.78 is 0. The van der Waals surface area contributed by atoms with Gasteiger partial charge in [-0.1, -0.05) is 20.8 Å². The van der Waals surface area contributed by atoms with Gasteiger partial charge in [-0.15, -0.1) is 0 Å². The number of pyridine rings is 1. The van der Waals surface area contributed by atoms with Crippen LogP contribution >= 0.6 is 0 Å². The Bertz CT molecular complexity index is 454. The number of aliphatic carboxylic acids is 1. The molecule has 0 saturated heterocycles. The van der Waals surface area contributed by atoms with Crippen molar-refractivity contribution in [1.29, 1.82) is 0 Å². The van der Waals surface area contributed by atoms with Gasteiger partial charge in [0.1, 0.15) is 6.04 Å². The Kier molecular flexibility index (Phi) is 4.47. The zero-order chi connectivity index (χ0) is 14.6. The van der Waals surface area contributed by atoms with E-state index in [2.05, 4.69) is 10.3 Å². The number of aromatic nitrogens is 1. The van der Waals surface area contributed by atoms with Crippen molar-refractivity contribution in [3.63, 3.8) is 0 Å². The molecular weight excluding hydrogens is 246 g/mol. The number of carboxylic acid groups (broad SMARTS) is 1. The van der Waals surface area contributed by atoms with Crippen LogP contribution in [0.2, 0.25) is 0 Å². The molecule has 19 heavy (non-hydrogen) atoms. The molecule has 0 bridgehead atoms. The molecule has 104 valence electrons. The monoisotopic (exact) mass is 265 g/mol. The van der Waals surface area contributed by atoms with Gasteiger partial charge < -0.3 is 10.4 Å². The first-order chi connectivity index (χ1) is 8.73. The molecule has 2 N–H and O–H groups in total. The lowest BCUT2D eigenvalue weighted by Crippen LogP contribution is -2.52. The maximum absolute atomic E-state index is 12.0. The number of carbonyl (C=O) groups excluding carboxylic acids is 1. The second-order valence-corrected chi connectivity index (χ2v) is 5.36. The normalized spacial score (nSPS) is 12.6. The van der Waals surface area contributed by atoms with E-state index >= 15 is 0 Å². The third kappa shape index (κ3) is 3.94. The molecule has 1 rings (SSSR count). The van der Waals surface area contributed by atoms with Crippen molar-refractivity contribution in [2.45, 2.75) is 26.8 Å². The lowest BCUT2D eigenvalue weighted by atomic mass is 9.87. The van der Waals surface area contributed by atoms with E-state index in [9.17, 15) is 9.59 Å². The number of anilines is 1. The van der Waals surface area contributed by atoms with Gasteiger partial charge in [-0.2, -0.15) is 0 Å². The second-order valence-electron chi connectivity index (χ2n) is 5.36. The minimum Gasteiger partial charge on any atom is -0.480 e. The topological polar surface area (TPSA) is 82.5 Å². The quantitative estimate of drug-likeness (QED) is 0.871. The number of amides is 2. The molecular formula is C13H19N3O3. The molecule has 0 unspecified atom stereocenters. The predicted octanol–water partition coefficient (Wildman–Crippen LogP) is 1.73. The number of nitrogens with one attached hydrogen (secondary N) is 1. The number of carbonyl (C=O) groups is 2. The maximum atomic E-state index is 12.0. The highest BCUT2D eigenvalue weighted by Gasteiger charge is 2.33. The van der Waals surface area contributed by atoms with Crippen LogP contribution in [-0.4, -0.2) is 35.2 Å². The molecule has 1 aromatic rings.